The first kappa shape index (κ1) is 31.0. The summed E-state index contributed by atoms with van der Waals surface area (Å²) in [6, 6.07) is 16.1. The average Bonchev–Trinajstić information content (AvgIpc) is 3.47. The van der Waals surface area contributed by atoms with Crippen molar-refractivity contribution in [3.05, 3.63) is 109 Å². The van der Waals surface area contributed by atoms with Crippen molar-refractivity contribution >= 4 is 57.9 Å². The van der Waals surface area contributed by atoms with Gasteiger partial charge in [0, 0.05) is 22.9 Å². The molecule has 0 radical (unpaired) electrons. The number of hydrogen-bond donors (Lipinski definition) is 1. The van der Waals surface area contributed by atoms with Gasteiger partial charge in [-0.2, -0.15) is 13.2 Å². The molecule has 0 bridgehead atoms. The summed E-state index contributed by atoms with van der Waals surface area (Å²) in [7, 11) is 1.48. The number of methoxy groups -OCH3 is 1. The van der Waals surface area contributed by atoms with E-state index in [4.69, 9.17) is 4.74 Å². The Bertz CT molecular complexity index is 1940. The van der Waals surface area contributed by atoms with Crippen LogP contribution in [0, 0.1) is 16.0 Å². The first-order valence-corrected chi connectivity index (χ1v) is 15.2. The Labute approximate surface area is 265 Å². The molecule has 4 aromatic rings. The van der Waals surface area contributed by atoms with Crippen LogP contribution in [-0.2, 0) is 27.1 Å². The zero-order valence-electron chi connectivity index (χ0n) is 23.5. The van der Waals surface area contributed by atoms with Crippen LogP contribution in [0.1, 0.15) is 21.9 Å². The topological polar surface area (TPSA) is 141 Å². The SMILES string of the molecule is COc1ccc([C@H]2c3sc(=O)n(CC(=O)Nc4ccccc4C(F)(F)F)c3SC3C(=O)N(c4ccc([N+](=O)[O-])cc4)C(=O)C32)cc1. The van der Waals surface area contributed by atoms with E-state index in [9.17, 15) is 42.5 Å². The predicted molar refractivity (Wildman–Crippen MR) is 162 cm³/mol. The van der Waals surface area contributed by atoms with E-state index in [1.165, 1.54) is 43.5 Å². The first-order chi connectivity index (χ1) is 21.9. The Morgan fingerprint density at radius 2 is 1.67 bits per heavy atom. The smallest absolute Gasteiger partial charge is 0.418 e. The highest BCUT2D eigenvalue weighted by Crippen LogP contribution is 2.54. The molecule has 16 heteroatoms. The van der Waals surface area contributed by atoms with E-state index in [1.807, 2.05) is 0 Å². The van der Waals surface area contributed by atoms with Crippen molar-refractivity contribution in [3.8, 4) is 5.75 Å². The number of thioether (sulfide) groups is 1. The molecule has 46 heavy (non-hydrogen) atoms. The molecule has 3 heterocycles. The van der Waals surface area contributed by atoms with Crippen LogP contribution in [0.25, 0.3) is 0 Å². The summed E-state index contributed by atoms with van der Waals surface area (Å²) in [5.41, 5.74) is -1.04. The molecule has 1 aromatic heterocycles. The molecule has 3 atom stereocenters. The molecule has 2 aliphatic rings. The van der Waals surface area contributed by atoms with Crippen LogP contribution in [0.2, 0.25) is 0 Å². The Morgan fingerprint density at radius 1 is 1.00 bits per heavy atom. The largest absolute Gasteiger partial charge is 0.497 e. The third-order valence-electron chi connectivity index (χ3n) is 7.65. The molecule has 3 aromatic carbocycles. The molecular formula is C30H21F3N4O7S2. The lowest BCUT2D eigenvalue weighted by Gasteiger charge is -2.30. The third-order valence-corrected chi connectivity index (χ3v) is 10.3. The summed E-state index contributed by atoms with van der Waals surface area (Å²) in [5.74, 6) is -3.35. The summed E-state index contributed by atoms with van der Waals surface area (Å²) < 4.78 is 46.9. The van der Waals surface area contributed by atoms with Crippen molar-refractivity contribution in [3.63, 3.8) is 0 Å². The number of rotatable bonds is 7. The van der Waals surface area contributed by atoms with E-state index in [2.05, 4.69) is 5.32 Å². The van der Waals surface area contributed by atoms with Gasteiger partial charge in [0.2, 0.25) is 17.7 Å². The highest BCUT2D eigenvalue weighted by molar-refractivity contribution is 8.00. The average molecular weight is 671 g/mol. The van der Waals surface area contributed by atoms with Gasteiger partial charge in [-0.05, 0) is 42.0 Å². The van der Waals surface area contributed by atoms with E-state index >= 15 is 0 Å². The van der Waals surface area contributed by atoms with Crippen molar-refractivity contribution in [2.45, 2.75) is 28.9 Å². The van der Waals surface area contributed by atoms with Crippen LogP contribution in [0.5, 0.6) is 5.75 Å². The van der Waals surface area contributed by atoms with E-state index in [1.54, 1.807) is 24.3 Å². The minimum absolute atomic E-state index is 0.132. The number of alkyl halides is 3. The number of aromatic nitrogens is 1. The summed E-state index contributed by atoms with van der Waals surface area (Å²) in [4.78, 5) is 65.5. The fourth-order valence-corrected chi connectivity index (χ4v) is 8.35. The molecule has 2 aliphatic heterocycles. The summed E-state index contributed by atoms with van der Waals surface area (Å²) in [6.07, 6.45) is -4.73. The fourth-order valence-electron chi connectivity index (χ4n) is 5.58. The van der Waals surface area contributed by atoms with E-state index < -0.39 is 68.6 Å². The van der Waals surface area contributed by atoms with Gasteiger partial charge in [0.15, 0.2) is 0 Å². The molecule has 11 nitrogen and oxygen atoms in total. The van der Waals surface area contributed by atoms with Gasteiger partial charge in [0.25, 0.3) is 5.69 Å². The number of ether oxygens (including phenoxy) is 1. The zero-order valence-corrected chi connectivity index (χ0v) is 25.2. The van der Waals surface area contributed by atoms with Crippen LogP contribution in [0.4, 0.5) is 30.2 Å². The van der Waals surface area contributed by atoms with Gasteiger partial charge in [-0.1, -0.05) is 47.4 Å². The van der Waals surface area contributed by atoms with Gasteiger partial charge in [0.1, 0.15) is 17.5 Å². The van der Waals surface area contributed by atoms with Crippen LogP contribution in [0.15, 0.2) is 82.6 Å². The Balaban J connectivity index is 1.39. The van der Waals surface area contributed by atoms with Crippen LogP contribution in [-0.4, -0.2) is 39.6 Å². The van der Waals surface area contributed by atoms with Gasteiger partial charge < -0.3 is 10.1 Å². The standard InChI is InChI=1S/C30H21F3N4O7S2/c1-44-18-12-6-15(7-13-18)22-23-24(27(40)36(26(23)39)16-8-10-17(11-9-16)37(42)43)45-28-25(22)46-29(41)35(28)14-21(38)34-20-5-3-2-4-19(20)30(31,32)33/h2-13,22-24H,14H2,1H3,(H,34,38)/t22-,23?,24?/m1/s1. The number of non-ortho nitro benzene ring substituents is 1. The molecule has 2 unspecified atom stereocenters. The number of halogens is 3. The van der Waals surface area contributed by atoms with Crippen molar-refractivity contribution in [2.24, 2.45) is 5.92 Å². The lowest BCUT2D eigenvalue weighted by atomic mass is 9.83. The number of amides is 3. The number of benzene rings is 3. The number of carbonyl (C=O) groups is 3. The second kappa shape index (κ2) is 11.8. The van der Waals surface area contributed by atoms with E-state index in [-0.39, 0.29) is 16.4 Å². The minimum atomic E-state index is -4.73. The van der Waals surface area contributed by atoms with E-state index in [0.717, 1.165) is 44.7 Å². The van der Waals surface area contributed by atoms with Gasteiger partial charge in [-0.25, -0.2) is 4.90 Å². The molecule has 6 rings (SSSR count). The maximum absolute atomic E-state index is 14.0. The number of hydrogen-bond acceptors (Lipinski definition) is 9. The second-order valence-electron chi connectivity index (χ2n) is 10.3. The van der Waals surface area contributed by atoms with Crippen molar-refractivity contribution in [2.75, 3.05) is 17.3 Å². The van der Waals surface area contributed by atoms with Gasteiger partial charge in [0.05, 0.1) is 39.9 Å². The number of nitro groups is 1. The maximum atomic E-state index is 14.0. The molecule has 0 spiro atoms. The molecule has 0 aliphatic carbocycles. The summed E-state index contributed by atoms with van der Waals surface area (Å²) >= 11 is 1.70. The molecular weight excluding hydrogens is 649 g/mol. The molecule has 1 saturated heterocycles. The van der Waals surface area contributed by atoms with Crippen LogP contribution < -0.4 is 19.8 Å². The normalized spacial score (nSPS) is 19.0. The number of para-hydroxylation sites is 1. The number of imide groups is 1. The lowest BCUT2D eigenvalue weighted by molar-refractivity contribution is -0.384. The number of nitrogens with zero attached hydrogens (tertiary/aromatic N) is 3. The highest BCUT2D eigenvalue weighted by atomic mass is 32.2. The molecule has 236 valence electrons. The number of thiazole rings is 1. The Morgan fingerprint density at radius 3 is 2.30 bits per heavy atom. The number of anilines is 2. The number of carbonyl (C=O) groups excluding carboxylic acids is 3. The second-order valence-corrected chi connectivity index (χ2v) is 12.4. The van der Waals surface area contributed by atoms with Crippen molar-refractivity contribution in [1.29, 1.82) is 0 Å². The predicted octanol–water partition coefficient (Wildman–Crippen LogP) is 5.28. The highest BCUT2D eigenvalue weighted by Gasteiger charge is 2.57. The van der Waals surface area contributed by atoms with Gasteiger partial charge >= 0.3 is 11.0 Å². The van der Waals surface area contributed by atoms with Crippen LogP contribution >= 0.6 is 23.1 Å². The quantitative estimate of drug-likeness (QED) is 0.159. The lowest BCUT2D eigenvalue weighted by Crippen LogP contribution is -2.33. The van der Waals surface area contributed by atoms with Gasteiger partial charge in [-0.3, -0.25) is 33.9 Å². The zero-order chi connectivity index (χ0) is 32.9. The maximum Gasteiger partial charge on any atom is 0.418 e. The number of nitro benzene ring substituents is 1. The number of fused-ring (bicyclic) bond motifs is 2. The van der Waals surface area contributed by atoms with E-state index in [0.29, 0.717) is 16.2 Å². The van der Waals surface area contributed by atoms with Gasteiger partial charge in [-0.15, -0.1) is 0 Å². The van der Waals surface area contributed by atoms with Crippen molar-refractivity contribution in [1.82, 2.24) is 4.57 Å². The first-order valence-electron chi connectivity index (χ1n) is 13.5. The fraction of sp³-hybridized carbons (Fsp3) is 0.200. The third kappa shape index (κ3) is 5.43. The summed E-state index contributed by atoms with van der Waals surface area (Å²) in [5, 5.41) is 12.6. The Hall–Kier alpha value is -4.96. The number of nitrogens with one attached hydrogen (secondary N) is 1. The Kier molecular flexibility index (Phi) is 7.93. The molecule has 0 saturated carbocycles. The van der Waals surface area contributed by atoms with Crippen molar-refractivity contribution < 1.29 is 37.2 Å². The minimum Gasteiger partial charge on any atom is -0.497 e. The summed E-state index contributed by atoms with van der Waals surface area (Å²) in [6.45, 7) is -0.648. The molecule has 1 fully saturated rings. The monoisotopic (exact) mass is 670 g/mol. The molecule has 3 amide bonds. The van der Waals surface area contributed by atoms with Crippen LogP contribution in [0.3, 0.4) is 0 Å². The molecule has 1 N–H and O–H groups in total.